The standard InChI is InChI=1S/C19H19F5N4O3S/c1-28-11-27-16-14(12-2-4-13(5-3-12)32(20,21,22,23)24)8-25-17(15(16)18(28)29)26-9-19(30)6-7-31-10-19/h2-5,8,11,30H,6-7,9-10H2,1H3,(H,25,26)/t19-/m0/s1. The molecule has 0 spiro atoms. The molecule has 1 atom stereocenters. The molecule has 13 heteroatoms. The first-order chi connectivity index (χ1) is 14.7. The number of nitrogens with zero attached hydrogens (tertiary/aromatic N) is 3. The number of hydrogen-bond donors (Lipinski definition) is 2. The number of nitrogens with one attached hydrogen (secondary N) is 1. The smallest absolute Gasteiger partial charge is 0.310 e. The quantitative estimate of drug-likeness (QED) is 0.534. The summed E-state index contributed by atoms with van der Waals surface area (Å²) in [6, 6.07) is 2.36. The molecule has 0 amide bonds. The lowest BCUT2D eigenvalue weighted by atomic mass is 10.0. The number of benzene rings is 1. The van der Waals surface area contributed by atoms with Gasteiger partial charge in [0.15, 0.2) is 0 Å². The molecule has 0 radical (unpaired) electrons. The van der Waals surface area contributed by atoms with Gasteiger partial charge >= 0.3 is 10.2 Å². The molecule has 0 aliphatic carbocycles. The summed E-state index contributed by atoms with van der Waals surface area (Å²) in [5.41, 5.74) is -1.17. The zero-order chi connectivity index (χ0) is 23.4. The number of fused-ring (bicyclic) bond motifs is 1. The number of hydrogen-bond acceptors (Lipinski definition) is 6. The maximum atomic E-state index is 13.0. The van der Waals surface area contributed by atoms with Crippen molar-refractivity contribution < 1.29 is 29.3 Å². The van der Waals surface area contributed by atoms with E-state index in [1.807, 2.05) is 0 Å². The largest absolute Gasteiger partial charge is 0.386 e. The number of rotatable bonds is 5. The minimum atomic E-state index is -9.81. The Kier molecular flexibility index (Phi) is 4.64. The molecule has 1 aliphatic rings. The van der Waals surface area contributed by atoms with Gasteiger partial charge in [-0.1, -0.05) is 31.6 Å². The molecule has 1 fully saturated rings. The molecule has 2 N–H and O–H groups in total. The molecule has 1 saturated heterocycles. The van der Waals surface area contributed by atoms with Crippen molar-refractivity contribution >= 4 is 26.9 Å². The Hall–Kier alpha value is -2.77. The van der Waals surface area contributed by atoms with Crippen molar-refractivity contribution in [1.29, 1.82) is 0 Å². The van der Waals surface area contributed by atoms with Gasteiger partial charge in [-0.25, -0.2) is 9.97 Å². The first kappa shape index (κ1) is 22.4. The van der Waals surface area contributed by atoms with Gasteiger partial charge in [-0.3, -0.25) is 4.79 Å². The van der Waals surface area contributed by atoms with Crippen LogP contribution in [0.5, 0.6) is 0 Å². The number of anilines is 1. The predicted octanol–water partition coefficient (Wildman–Crippen LogP) is 4.22. The van der Waals surface area contributed by atoms with E-state index in [0.29, 0.717) is 25.2 Å². The molecule has 7 nitrogen and oxygen atoms in total. The molecule has 0 saturated carbocycles. The van der Waals surface area contributed by atoms with E-state index in [1.165, 1.54) is 24.1 Å². The zero-order valence-electron chi connectivity index (χ0n) is 16.7. The summed E-state index contributed by atoms with van der Waals surface area (Å²) in [6.45, 7) is 0.555. The van der Waals surface area contributed by atoms with Crippen molar-refractivity contribution in [3.05, 3.63) is 47.1 Å². The molecule has 2 aromatic heterocycles. The second-order valence-electron chi connectivity index (χ2n) is 7.78. The van der Waals surface area contributed by atoms with Crippen molar-refractivity contribution in [2.45, 2.75) is 16.9 Å². The highest BCUT2D eigenvalue weighted by molar-refractivity contribution is 8.45. The third-order valence-electron chi connectivity index (χ3n) is 5.22. The van der Waals surface area contributed by atoms with Gasteiger partial charge in [0.05, 0.1) is 18.5 Å². The number of halogens is 5. The van der Waals surface area contributed by atoms with Gasteiger partial charge in [0.25, 0.3) is 5.56 Å². The van der Waals surface area contributed by atoms with Crippen LogP contribution in [0.15, 0.2) is 46.5 Å². The Morgan fingerprint density at radius 3 is 2.47 bits per heavy atom. The number of aliphatic hydroxyl groups is 1. The van der Waals surface area contributed by atoms with Crippen LogP contribution in [0, 0.1) is 0 Å². The van der Waals surface area contributed by atoms with Crippen LogP contribution in [0.1, 0.15) is 6.42 Å². The number of ether oxygens (including phenoxy) is 1. The number of aryl methyl sites for hydroxylation is 1. The first-order valence-electron chi connectivity index (χ1n) is 9.40. The molecule has 3 heterocycles. The summed E-state index contributed by atoms with van der Waals surface area (Å²) in [5, 5.41) is 13.4. The van der Waals surface area contributed by atoms with E-state index in [1.54, 1.807) is 0 Å². The van der Waals surface area contributed by atoms with Crippen molar-refractivity contribution in [3.8, 4) is 11.1 Å². The van der Waals surface area contributed by atoms with Gasteiger partial charge in [-0.2, -0.15) is 0 Å². The van der Waals surface area contributed by atoms with Crippen LogP contribution in [0.2, 0.25) is 0 Å². The fourth-order valence-electron chi connectivity index (χ4n) is 3.43. The molecule has 4 rings (SSSR count). The van der Waals surface area contributed by atoms with Crippen molar-refractivity contribution in [3.63, 3.8) is 0 Å². The van der Waals surface area contributed by atoms with E-state index >= 15 is 0 Å². The maximum absolute atomic E-state index is 13.0. The molecule has 0 bridgehead atoms. The third-order valence-corrected chi connectivity index (χ3v) is 6.39. The lowest BCUT2D eigenvalue weighted by molar-refractivity contribution is 0.0381. The van der Waals surface area contributed by atoms with Gasteiger partial charge in [-0.15, -0.1) is 0 Å². The zero-order valence-corrected chi connectivity index (χ0v) is 17.5. The van der Waals surface area contributed by atoms with E-state index in [2.05, 4.69) is 15.3 Å². The van der Waals surface area contributed by atoms with E-state index in [9.17, 15) is 29.3 Å². The van der Waals surface area contributed by atoms with Crippen LogP contribution in [-0.2, 0) is 11.8 Å². The van der Waals surface area contributed by atoms with Gasteiger partial charge in [0.1, 0.15) is 21.7 Å². The average molecular weight is 478 g/mol. The maximum Gasteiger partial charge on any atom is 0.310 e. The summed E-state index contributed by atoms with van der Waals surface area (Å²) >= 11 is 0. The fourth-order valence-corrected chi connectivity index (χ4v) is 4.08. The molecular weight excluding hydrogens is 459 g/mol. The summed E-state index contributed by atoms with van der Waals surface area (Å²) < 4.78 is 71.5. The van der Waals surface area contributed by atoms with Crippen LogP contribution in [0.25, 0.3) is 22.0 Å². The monoisotopic (exact) mass is 478 g/mol. The second-order valence-corrected chi connectivity index (χ2v) is 10.2. The van der Waals surface area contributed by atoms with E-state index in [0.717, 1.165) is 12.1 Å². The number of aromatic nitrogens is 3. The van der Waals surface area contributed by atoms with E-state index < -0.39 is 26.3 Å². The molecule has 1 aromatic carbocycles. The number of pyridine rings is 1. The Labute approximate surface area is 178 Å². The molecule has 3 aromatic rings. The Bertz CT molecular complexity index is 1260. The average Bonchev–Trinajstić information content (AvgIpc) is 3.14. The lowest BCUT2D eigenvalue weighted by Crippen LogP contribution is -2.37. The topological polar surface area (TPSA) is 89.3 Å². The normalized spacial score (nSPS) is 21.3. The second kappa shape index (κ2) is 6.62. The minimum Gasteiger partial charge on any atom is -0.386 e. The summed E-state index contributed by atoms with van der Waals surface area (Å²) in [5.74, 6) is 0.126. The lowest BCUT2D eigenvalue weighted by Gasteiger charge is -2.40. The Morgan fingerprint density at radius 2 is 1.88 bits per heavy atom. The van der Waals surface area contributed by atoms with E-state index in [-0.39, 0.29) is 41.0 Å². The van der Waals surface area contributed by atoms with Crippen LogP contribution in [0.4, 0.5) is 25.2 Å². The van der Waals surface area contributed by atoms with Crippen LogP contribution in [-0.4, -0.2) is 45.0 Å². The Balaban J connectivity index is 1.79. The van der Waals surface area contributed by atoms with Gasteiger partial charge in [0.2, 0.25) is 0 Å². The predicted molar refractivity (Wildman–Crippen MR) is 110 cm³/mol. The summed E-state index contributed by atoms with van der Waals surface area (Å²) in [7, 11) is -8.34. The SMILES string of the molecule is Cn1cnc2c(-c3ccc(S(F)(F)(F)(F)F)cc3)cnc(NC[C@@]3(O)CCOC3)c2c1=O. The molecule has 0 unspecified atom stereocenters. The van der Waals surface area contributed by atoms with Crippen molar-refractivity contribution in [2.75, 3.05) is 25.1 Å². The minimum absolute atomic E-state index is 0.0467. The van der Waals surface area contributed by atoms with Gasteiger partial charge < -0.3 is 19.7 Å². The van der Waals surface area contributed by atoms with Crippen molar-refractivity contribution in [2.24, 2.45) is 7.05 Å². The molecular formula is C19H19F5N4O3S. The van der Waals surface area contributed by atoms with Gasteiger partial charge in [0, 0.05) is 38.4 Å². The fraction of sp³-hybridized carbons (Fsp3) is 0.316. The van der Waals surface area contributed by atoms with Gasteiger partial charge in [-0.05, 0) is 17.7 Å². The molecule has 32 heavy (non-hydrogen) atoms. The molecule has 174 valence electrons. The summed E-state index contributed by atoms with van der Waals surface area (Å²) in [6.07, 6.45) is 2.91. The van der Waals surface area contributed by atoms with E-state index in [4.69, 9.17) is 4.74 Å². The highest BCUT2D eigenvalue weighted by Crippen LogP contribution is 3.02. The highest BCUT2D eigenvalue weighted by atomic mass is 32.5. The van der Waals surface area contributed by atoms with Crippen LogP contribution < -0.4 is 10.9 Å². The highest BCUT2D eigenvalue weighted by Gasteiger charge is 2.65. The van der Waals surface area contributed by atoms with Crippen LogP contribution >= 0.6 is 10.2 Å². The first-order valence-corrected chi connectivity index (χ1v) is 11.3. The summed E-state index contributed by atoms with van der Waals surface area (Å²) in [4.78, 5) is 19.2. The van der Waals surface area contributed by atoms with Crippen LogP contribution in [0.3, 0.4) is 0 Å². The molecule has 1 aliphatic heterocycles. The third kappa shape index (κ3) is 4.27. The van der Waals surface area contributed by atoms with Crippen molar-refractivity contribution in [1.82, 2.24) is 14.5 Å². The Morgan fingerprint density at radius 1 is 1.19 bits per heavy atom.